The summed E-state index contributed by atoms with van der Waals surface area (Å²) in [4.78, 5) is 3.66. The highest BCUT2D eigenvalue weighted by Gasteiger charge is 2.23. The van der Waals surface area contributed by atoms with Crippen LogP contribution >= 0.6 is 11.8 Å². The van der Waals surface area contributed by atoms with Crippen molar-refractivity contribution in [2.24, 2.45) is 0 Å². The summed E-state index contributed by atoms with van der Waals surface area (Å²) in [7, 11) is 0. The minimum absolute atomic E-state index is 0.663. The molecule has 2 nitrogen and oxygen atoms in total. The van der Waals surface area contributed by atoms with Gasteiger partial charge in [-0.15, -0.1) is 11.8 Å². The Balaban J connectivity index is 1.88. The van der Waals surface area contributed by atoms with Crippen LogP contribution in [-0.4, -0.2) is 40.5 Å². The van der Waals surface area contributed by atoms with E-state index in [2.05, 4.69) is 43.0 Å². The molecule has 0 spiro atoms. The number of rotatable bonds is 8. The molecule has 1 N–H and O–H groups in total. The van der Waals surface area contributed by atoms with Gasteiger partial charge in [-0.3, -0.25) is 0 Å². The van der Waals surface area contributed by atoms with Gasteiger partial charge in [0.25, 0.3) is 0 Å². The third kappa shape index (κ3) is 6.48. The van der Waals surface area contributed by atoms with Crippen LogP contribution in [0.5, 0.6) is 0 Å². The van der Waals surface area contributed by atoms with Crippen LogP contribution in [0.2, 0.25) is 0 Å². The standard InChI is InChI=1S/C20H33NOS/c1-4-21(5-2)16-20(3,22)15-17-11-13-19(14-12-17)23-18-9-7-6-8-10-18/h11-14,18,22H,4-10,15-16H2,1-3H3. The van der Waals surface area contributed by atoms with E-state index in [1.807, 2.05) is 18.7 Å². The van der Waals surface area contributed by atoms with Crippen molar-refractivity contribution in [2.75, 3.05) is 19.6 Å². The lowest BCUT2D eigenvalue weighted by atomic mass is 9.96. The predicted molar refractivity (Wildman–Crippen MR) is 101 cm³/mol. The van der Waals surface area contributed by atoms with E-state index in [4.69, 9.17) is 0 Å². The van der Waals surface area contributed by atoms with Crippen molar-refractivity contribution in [1.29, 1.82) is 0 Å². The Morgan fingerprint density at radius 1 is 1.09 bits per heavy atom. The van der Waals surface area contributed by atoms with Gasteiger partial charge in [0, 0.05) is 23.1 Å². The first-order valence-electron chi connectivity index (χ1n) is 9.22. The number of hydrogen-bond acceptors (Lipinski definition) is 3. The third-order valence-electron chi connectivity index (χ3n) is 4.82. The summed E-state index contributed by atoms with van der Waals surface area (Å²) in [6, 6.07) is 8.87. The van der Waals surface area contributed by atoms with Crippen molar-refractivity contribution in [1.82, 2.24) is 4.90 Å². The molecule has 0 aromatic heterocycles. The molecule has 2 rings (SSSR count). The first kappa shape index (κ1) is 18.8. The highest BCUT2D eigenvalue weighted by atomic mass is 32.2. The molecule has 0 bridgehead atoms. The van der Waals surface area contributed by atoms with Gasteiger partial charge in [0.2, 0.25) is 0 Å². The average Bonchev–Trinajstić information content (AvgIpc) is 2.55. The van der Waals surface area contributed by atoms with Crippen molar-refractivity contribution in [3.63, 3.8) is 0 Å². The molecule has 1 aliphatic rings. The zero-order valence-corrected chi connectivity index (χ0v) is 15.9. The van der Waals surface area contributed by atoms with Gasteiger partial charge < -0.3 is 10.0 Å². The molecular weight excluding hydrogens is 302 g/mol. The van der Waals surface area contributed by atoms with E-state index >= 15 is 0 Å². The quantitative estimate of drug-likeness (QED) is 0.742. The maximum Gasteiger partial charge on any atom is 0.0786 e. The van der Waals surface area contributed by atoms with Gasteiger partial charge in [-0.25, -0.2) is 0 Å². The number of nitrogens with zero attached hydrogens (tertiary/aromatic N) is 1. The van der Waals surface area contributed by atoms with Gasteiger partial charge in [0.15, 0.2) is 0 Å². The lowest BCUT2D eigenvalue weighted by Crippen LogP contribution is -2.42. The van der Waals surface area contributed by atoms with Gasteiger partial charge in [-0.2, -0.15) is 0 Å². The third-order valence-corrected chi connectivity index (χ3v) is 6.17. The van der Waals surface area contributed by atoms with E-state index in [1.54, 1.807) is 0 Å². The molecule has 0 radical (unpaired) electrons. The number of thioether (sulfide) groups is 1. The fourth-order valence-electron chi connectivity index (χ4n) is 3.49. The Morgan fingerprint density at radius 3 is 2.26 bits per heavy atom. The molecule has 0 aliphatic heterocycles. The Kier molecular flexibility index (Phi) is 7.45. The van der Waals surface area contributed by atoms with Crippen molar-refractivity contribution >= 4 is 11.8 Å². The molecule has 1 unspecified atom stereocenters. The van der Waals surface area contributed by atoms with Crippen LogP contribution < -0.4 is 0 Å². The molecule has 3 heteroatoms. The molecule has 1 atom stereocenters. The lowest BCUT2D eigenvalue weighted by molar-refractivity contribution is 0.0229. The largest absolute Gasteiger partial charge is 0.388 e. The van der Waals surface area contributed by atoms with Crippen molar-refractivity contribution in [2.45, 2.75) is 75.0 Å². The summed E-state index contributed by atoms with van der Waals surface area (Å²) in [5, 5.41) is 11.5. The molecule has 23 heavy (non-hydrogen) atoms. The number of hydrogen-bond donors (Lipinski definition) is 1. The lowest BCUT2D eigenvalue weighted by Gasteiger charge is -2.30. The normalized spacial score (nSPS) is 19.0. The molecule has 130 valence electrons. The molecule has 0 saturated heterocycles. The summed E-state index contributed by atoms with van der Waals surface area (Å²) < 4.78 is 0. The van der Waals surface area contributed by atoms with E-state index in [9.17, 15) is 5.11 Å². The molecule has 1 aliphatic carbocycles. The monoisotopic (exact) mass is 335 g/mol. The van der Waals surface area contributed by atoms with E-state index < -0.39 is 5.60 Å². The summed E-state index contributed by atoms with van der Waals surface area (Å²) in [5.74, 6) is 0. The Labute approximate surface area is 146 Å². The minimum Gasteiger partial charge on any atom is -0.388 e. The van der Waals surface area contributed by atoms with Crippen LogP contribution in [-0.2, 0) is 6.42 Å². The Hall–Kier alpha value is -0.510. The van der Waals surface area contributed by atoms with Crippen LogP contribution in [0.15, 0.2) is 29.2 Å². The van der Waals surface area contributed by atoms with Crippen LogP contribution in [0.4, 0.5) is 0 Å². The van der Waals surface area contributed by atoms with E-state index in [-0.39, 0.29) is 0 Å². The van der Waals surface area contributed by atoms with E-state index in [1.165, 1.54) is 42.6 Å². The van der Waals surface area contributed by atoms with Gasteiger partial charge in [-0.05, 0) is 50.6 Å². The predicted octanol–water partition coefficient (Wildman–Crippen LogP) is 4.75. The maximum atomic E-state index is 10.7. The molecule has 1 saturated carbocycles. The molecule has 0 amide bonds. The number of benzene rings is 1. The van der Waals surface area contributed by atoms with Gasteiger partial charge >= 0.3 is 0 Å². The van der Waals surface area contributed by atoms with Gasteiger partial charge in [-0.1, -0.05) is 45.2 Å². The zero-order valence-electron chi connectivity index (χ0n) is 15.1. The molecule has 1 fully saturated rings. The molecule has 0 heterocycles. The number of likely N-dealkylation sites (N-methyl/N-ethyl adjacent to an activating group) is 1. The van der Waals surface area contributed by atoms with Gasteiger partial charge in [0.1, 0.15) is 0 Å². The maximum absolute atomic E-state index is 10.7. The second-order valence-corrected chi connectivity index (χ2v) is 8.53. The fraction of sp³-hybridized carbons (Fsp3) is 0.700. The van der Waals surface area contributed by atoms with Crippen molar-refractivity contribution in [3.8, 4) is 0 Å². The molecular formula is C20H33NOS. The smallest absolute Gasteiger partial charge is 0.0786 e. The topological polar surface area (TPSA) is 23.5 Å². The Bertz CT molecular complexity index is 447. The summed E-state index contributed by atoms with van der Waals surface area (Å²) >= 11 is 2.04. The van der Waals surface area contributed by atoms with Crippen molar-refractivity contribution in [3.05, 3.63) is 29.8 Å². The second kappa shape index (κ2) is 9.10. The first-order chi connectivity index (χ1) is 11.0. The fourth-order valence-corrected chi connectivity index (χ4v) is 4.73. The minimum atomic E-state index is -0.663. The first-order valence-corrected chi connectivity index (χ1v) is 10.1. The summed E-state index contributed by atoms with van der Waals surface area (Å²) in [5.41, 5.74) is 0.569. The highest BCUT2D eigenvalue weighted by molar-refractivity contribution is 8.00. The Morgan fingerprint density at radius 2 is 1.70 bits per heavy atom. The summed E-state index contributed by atoms with van der Waals surface area (Å²) in [6.07, 6.45) is 7.65. The molecule has 1 aromatic rings. The van der Waals surface area contributed by atoms with E-state index in [0.717, 1.165) is 31.3 Å². The van der Waals surface area contributed by atoms with Crippen LogP contribution in [0, 0.1) is 0 Å². The van der Waals surface area contributed by atoms with E-state index in [0.29, 0.717) is 0 Å². The van der Waals surface area contributed by atoms with Crippen LogP contribution in [0.1, 0.15) is 58.4 Å². The molecule has 1 aromatic carbocycles. The van der Waals surface area contributed by atoms with Gasteiger partial charge in [0.05, 0.1) is 5.60 Å². The highest BCUT2D eigenvalue weighted by Crippen LogP contribution is 2.33. The van der Waals surface area contributed by atoms with Crippen LogP contribution in [0.25, 0.3) is 0 Å². The number of aliphatic hydroxyl groups is 1. The SMILES string of the molecule is CCN(CC)CC(C)(O)Cc1ccc(SC2CCCCC2)cc1. The second-order valence-electron chi connectivity index (χ2n) is 7.16. The average molecular weight is 336 g/mol. The zero-order chi connectivity index (χ0) is 16.7. The van der Waals surface area contributed by atoms with Crippen LogP contribution in [0.3, 0.4) is 0 Å². The van der Waals surface area contributed by atoms with Crippen molar-refractivity contribution < 1.29 is 5.11 Å². The summed E-state index contributed by atoms with van der Waals surface area (Å²) in [6.45, 7) is 8.97.